The molecule has 0 spiro atoms. The van der Waals surface area contributed by atoms with Gasteiger partial charge in [-0.15, -0.1) is 0 Å². The lowest BCUT2D eigenvalue weighted by atomic mass is 10.0. The van der Waals surface area contributed by atoms with Crippen LogP contribution in [0.3, 0.4) is 0 Å². The van der Waals surface area contributed by atoms with E-state index in [-0.39, 0.29) is 30.0 Å². The summed E-state index contributed by atoms with van der Waals surface area (Å²) in [5.41, 5.74) is 2.60. The number of nitrogens with zero attached hydrogens (tertiary/aromatic N) is 2. The number of rotatable bonds is 5. The van der Waals surface area contributed by atoms with Crippen LogP contribution in [0.25, 0.3) is 10.8 Å². The van der Waals surface area contributed by atoms with Crippen molar-refractivity contribution in [2.75, 3.05) is 25.0 Å². The number of aryl methyl sites for hydroxylation is 1. The summed E-state index contributed by atoms with van der Waals surface area (Å²) in [4.78, 5) is 39.5. The van der Waals surface area contributed by atoms with Gasteiger partial charge in [-0.05, 0) is 50.5 Å². The Morgan fingerprint density at radius 1 is 1.06 bits per heavy atom. The first-order valence-electron chi connectivity index (χ1n) is 11.4. The van der Waals surface area contributed by atoms with Gasteiger partial charge >= 0.3 is 6.09 Å². The molecule has 3 aromatic rings. The second kappa shape index (κ2) is 9.90. The van der Waals surface area contributed by atoms with E-state index < -0.39 is 0 Å². The first kappa shape index (κ1) is 22.6. The van der Waals surface area contributed by atoms with E-state index in [1.54, 1.807) is 34.7 Å². The fourth-order valence-electron chi connectivity index (χ4n) is 4.43. The number of anilines is 1. The molecule has 2 heterocycles. The molecule has 0 saturated carbocycles. The van der Waals surface area contributed by atoms with Gasteiger partial charge in [-0.25, -0.2) is 4.79 Å². The van der Waals surface area contributed by atoms with E-state index in [1.165, 1.54) is 0 Å². The van der Waals surface area contributed by atoms with Crippen LogP contribution in [-0.4, -0.2) is 41.2 Å². The number of likely N-dealkylation sites (tertiary alicyclic amines) is 1. The molecule has 0 bridgehead atoms. The van der Waals surface area contributed by atoms with Crippen molar-refractivity contribution >= 4 is 28.5 Å². The van der Waals surface area contributed by atoms with Gasteiger partial charge in [0.05, 0.1) is 13.0 Å². The molecule has 0 radical (unpaired) electrons. The molecule has 1 aliphatic heterocycles. The molecule has 2 amide bonds. The molecule has 1 N–H and O–H groups in total. The van der Waals surface area contributed by atoms with Crippen molar-refractivity contribution < 1.29 is 14.3 Å². The number of benzene rings is 2. The highest BCUT2D eigenvalue weighted by Gasteiger charge is 2.25. The lowest BCUT2D eigenvalue weighted by Crippen LogP contribution is -2.41. The van der Waals surface area contributed by atoms with Gasteiger partial charge in [0, 0.05) is 41.8 Å². The number of hydrogen-bond donors (Lipinski definition) is 1. The van der Waals surface area contributed by atoms with Gasteiger partial charge in [0.25, 0.3) is 5.56 Å². The first-order valence-corrected chi connectivity index (χ1v) is 11.4. The Labute approximate surface area is 193 Å². The number of nitrogens with one attached hydrogen (secondary N) is 1. The number of ether oxygens (including phenoxy) is 1. The number of hydrogen-bond acceptors (Lipinski definition) is 4. The minimum atomic E-state index is -0.298. The van der Waals surface area contributed by atoms with Gasteiger partial charge in [0.2, 0.25) is 5.91 Å². The van der Waals surface area contributed by atoms with Crippen LogP contribution in [0.1, 0.15) is 36.9 Å². The second-order valence-electron chi connectivity index (χ2n) is 8.43. The second-order valence-corrected chi connectivity index (χ2v) is 8.43. The van der Waals surface area contributed by atoms with E-state index in [1.807, 2.05) is 43.3 Å². The van der Waals surface area contributed by atoms with E-state index in [0.717, 1.165) is 16.5 Å². The Hall–Kier alpha value is -3.61. The third kappa shape index (κ3) is 5.08. The molecule has 7 heteroatoms. The fourth-order valence-corrected chi connectivity index (χ4v) is 4.43. The number of piperidine rings is 1. The largest absolute Gasteiger partial charge is 0.450 e. The number of aromatic nitrogens is 1. The van der Waals surface area contributed by atoms with Crippen molar-refractivity contribution in [3.63, 3.8) is 0 Å². The molecule has 0 aliphatic carbocycles. The summed E-state index contributed by atoms with van der Waals surface area (Å²) in [7, 11) is 0. The summed E-state index contributed by atoms with van der Waals surface area (Å²) in [6.45, 7) is 5.26. The molecule has 1 fully saturated rings. The van der Waals surface area contributed by atoms with Crippen molar-refractivity contribution in [1.82, 2.24) is 9.47 Å². The molecule has 7 nitrogen and oxygen atoms in total. The number of carbonyl (C=O) groups is 2. The third-order valence-electron chi connectivity index (χ3n) is 6.08. The van der Waals surface area contributed by atoms with E-state index >= 15 is 0 Å². The summed E-state index contributed by atoms with van der Waals surface area (Å²) in [5.74, 6) is -0.122. The summed E-state index contributed by atoms with van der Waals surface area (Å²) >= 11 is 0. The fraction of sp³-hybridized carbons (Fsp3) is 0.346. The predicted molar refractivity (Wildman–Crippen MR) is 129 cm³/mol. The maximum Gasteiger partial charge on any atom is 0.409 e. The Bertz CT molecular complexity index is 1230. The molecule has 172 valence electrons. The Balaban J connectivity index is 1.51. The first-order chi connectivity index (χ1) is 16.0. The molecular formula is C26H29N3O4. The molecule has 33 heavy (non-hydrogen) atoms. The van der Waals surface area contributed by atoms with Gasteiger partial charge in [-0.2, -0.15) is 0 Å². The van der Waals surface area contributed by atoms with E-state index in [9.17, 15) is 14.4 Å². The van der Waals surface area contributed by atoms with Crippen LogP contribution < -0.4 is 10.9 Å². The molecule has 0 unspecified atom stereocenters. The third-order valence-corrected chi connectivity index (χ3v) is 6.08. The minimum absolute atomic E-state index is 0.0205. The Kier molecular flexibility index (Phi) is 6.77. The highest BCUT2D eigenvalue weighted by molar-refractivity contribution is 6.02. The molecule has 1 aliphatic rings. The minimum Gasteiger partial charge on any atom is -0.450 e. The quantitative estimate of drug-likeness (QED) is 0.633. The number of amides is 2. The molecule has 1 aromatic heterocycles. The van der Waals surface area contributed by atoms with Gasteiger partial charge < -0.3 is 19.5 Å². The van der Waals surface area contributed by atoms with Gasteiger partial charge in [0.15, 0.2) is 0 Å². The van der Waals surface area contributed by atoms with Crippen LogP contribution in [0.2, 0.25) is 0 Å². The monoisotopic (exact) mass is 447 g/mol. The van der Waals surface area contributed by atoms with Gasteiger partial charge in [-0.1, -0.05) is 35.9 Å². The average molecular weight is 448 g/mol. The highest BCUT2D eigenvalue weighted by Crippen LogP contribution is 2.25. The standard InChI is InChI=1S/C26H29N3O4/c1-3-33-26(32)28-13-10-20(11-14-28)29-15-12-21-22(25(29)31)8-5-9-23(21)27-24(30)17-19-7-4-6-18(2)16-19/h4-9,12,15-16,20H,3,10-11,13-14,17H2,1-2H3,(H,27,30). The molecule has 4 rings (SSSR count). The predicted octanol–water partition coefficient (Wildman–Crippen LogP) is 4.28. The van der Waals surface area contributed by atoms with Gasteiger partial charge in [0.1, 0.15) is 0 Å². The number of carbonyl (C=O) groups excluding carboxylic acids is 2. The van der Waals surface area contributed by atoms with Crippen LogP contribution in [0.15, 0.2) is 59.5 Å². The molecule has 2 aromatic carbocycles. The number of pyridine rings is 1. The van der Waals surface area contributed by atoms with Crippen molar-refractivity contribution in [2.24, 2.45) is 0 Å². The molecule has 0 atom stereocenters. The zero-order valence-electron chi connectivity index (χ0n) is 19.0. The van der Waals surface area contributed by atoms with E-state index in [0.29, 0.717) is 43.6 Å². The Morgan fingerprint density at radius 3 is 2.55 bits per heavy atom. The SMILES string of the molecule is CCOC(=O)N1CCC(n2ccc3c(NC(=O)Cc4cccc(C)c4)cccc3c2=O)CC1. The van der Waals surface area contributed by atoms with E-state index in [2.05, 4.69) is 5.32 Å². The van der Waals surface area contributed by atoms with Crippen LogP contribution in [0, 0.1) is 6.92 Å². The maximum atomic E-state index is 13.3. The zero-order chi connectivity index (χ0) is 23.4. The normalized spacial score (nSPS) is 14.3. The summed E-state index contributed by atoms with van der Waals surface area (Å²) in [5, 5.41) is 4.25. The van der Waals surface area contributed by atoms with Crippen molar-refractivity contribution in [3.8, 4) is 0 Å². The van der Waals surface area contributed by atoms with Crippen LogP contribution in [-0.2, 0) is 16.0 Å². The highest BCUT2D eigenvalue weighted by atomic mass is 16.6. The topological polar surface area (TPSA) is 80.6 Å². The maximum absolute atomic E-state index is 13.3. The van der Waals surface area contributed by atoms with Crippen LogP contribution >= 0.6 is 0 Å². The number of fused-ring (bicyclic) bond motifs is 1. The summed E-state index contributed by atoms with van der Waals surface area (Å²) in [6, 6.07) is 15.2. The lowest BCUT2D eigenvalue weighted by molar-refractivity contribution is -0.115. The zero-order valence-corrected chi connectivity index (χ0v) is 19.0. The van der Waals surface area contributed by atoms with Crippen LogP contribution in [0.4, 0.5) is 10.5 Å². The smallest absolute Gasteiger partial charge is 0.409 e. The summed E-state index contributed by atoms with van der Waals surface area (Å²) in [6.07, 6.45) is 3.15. The van der Waals surface area contributed by atoms with Crippen molar-refractivity contribution in [1.29, 1.82) is 0 Å². The Morgan fingerprint density at radius 2 is 1.82 bits per heavy atom. The molecule has 1 saturated heterocycles. The van der Waals surface area contributed by atoms with Gasteiger partial charge in [-0.3, -0.25) is 9.59 Å². The van der Waals surface area contributed by atoms with Crippen molar-refractivity contribution in [2.45, 2.75) is 39.2 Å². The average Bonchev–Trinajstić information content (AvgIpc) is 2.80. The lowest BCUT2D eigenvalue weighted by Gasteiger charge is -2.32. The van der Waals surface area contributed by atoms with E-state index in [4.69, 9.17) is 4.74 Å². The van der Waals surface area contributed by atoms with Crippen molar-refractivity contribution in [3.05, 3.63) is 76.2 Å². The molecular weight excluding hydrogens is 418 g/mol. The summed E-state index contributed by atoms with van der Waals surface area (Å²) < 4.78 is 6.83. The van der Waals surface area contributed by atoms with Crippen LogP contribution in [0.5, 0.6) is 0 Å².